The van der Waals surface area contributed by atoms with E-state index in [0.717, 1.165) is 12.7 Å². The van der Waals surface area contributed by atoms with Crippen molar-refractivity contribution in [2.45, 2.75) is 20.3 Å². The third-order valence-electron chi connectivity index (χ3n) is 0.840. The second-order valence-electron chi connectivity index (χ2n) is 1.76. The molecule has 0 fully saturated rings. The van der Waals surface area contributed by atoms with E-state index in [0.29, 0.717) is 0 Å². The Morgan fingerprint density at radius 3 is 2.43 bits per heavy atom. The Morgan fingerprint density at radius 2 is 2.29 bits per heavy atom. The van der Waals surface area contributed by atoms with Crippen molar-refractivity contribution in [2.24, 2.45) is 5.92 Å². The van der Waals surface area contributed by atoms with Crippen molar-refractivity contribution >= 4 is 6.29 Å². The number of hydrogen-bond acceptors (Lipinski definition) is 1. The van der Waals surface area contributed by atoms with Crippen LogP contribution in [-0.2, 0) is 4.79 Å². The molecular weight excluding hydrogens is 88.1 g/mol. The van der Waals surface area contributed by atoms with E-state index < -0.39 is 0 Å². The molecule has 0 saturated heterocycles. The molecule has 0 spiro atoms. The Balaban J connectivity index is 2.98. The molecule has 1 unspecified atom stereocenters. The van der Waals surface area contributed by atoms with Gasteiger partial charge in [-0.2, -0.15) is 0 Å². The van der Waals surface area contributed by atoms with Gasteiger partial charge >= 0.3 is 0 Å². The molecule has 1 heteroatoms. The molecule has 1 atom stereocenters. The highest BCUT2D eigenvalue weighted by atomic mass is 16.1. The fourth-order valence-corrected chi connectivity index (χ4v) is 0.427. The average molecular weight is 99.2 g/mol. The molecule has 0 bridgehead atoms. The fourth-order valence-electron chi connectivity index (χ4n) is 0.427. The van der Waals surface area contributed by atoms with E-state index in [9.17, 15) is 4.79 Å². The molecular formula is C6H11O. The third-order valence-corrected chi connectivity index (χ3v) is 0.840. The van der Waals surface area contributed by atoms with Crippen LogP contribution in [0.4, 0.5) is 0 Å². The van der Waals surface area contributed by atoms with Crippen LogP contribution < -0.4 is 0 Å². The molecule has 1 nitrogen and oxygen atoms in total. The molecule has 0 rings (SSSR count). The van der Waals surface area contributed by atoms with Gasteiger partial charge in [0.2, 0.25) is 0 Å². The topological polar surface area (TPSA) is 17.1 Å². The molecule has 0 saturated carbocycles. The van der Waals surface area contributed by atoms with Crippen molar-refractivity contribution in [3.8, 4) is 0 Å². The first kappa shape index (κ1) is 6.67. The highest BCUT2D eigenvalue weighted by Crippen LogP contribution is 1.97. The Morgan fingerprint density at radius 1 is 1.71 bits per heavy atom. The smallest absolute Gasteiger partial charge is 0.122 e. The molecule has 0 heterocycles. The minimum atomic E-state index is 0.213. The summed E-state index contributed by atoms with van der Waals surface area (Å²) in [5.41, 5.74) is 0. The molecule has 41 valence electrons. The summed E-state index contributed by atoms with van der Waals surface area (Å²) >= 11 is 0. The van der Waals surface area contributed by atoms with Crippen molar-refractivity contribution in [2.75, 3.05) is 0 Å². The van der Waals surface area contributed by atoms with Gasteiger partial charge in [0.15, 0.2) is 0 Å². The normalized spacial score (nSPS) is 13.4. The fraction of sp³-hybridized carbons (Fsp3) is 0.667. The van der Waals surface area contributed by atoms with Crippen molar-refractivity contribution in [3.05, 3.63) is 6.42 Å². The first-order chi connectivity index (χ1) is 3.31. The third kappa shape index (κ3) is 3.50. The van der Waals surface area contributed by atoms with Gasteiger partial charge in [-0.05, 0) is 12.8 Å². The van der Waals surface area contributed by atoms with Crippen LogP contribution in [0.1, 0.15) is 20.3 Å². The molecule has 0 aliphatic rings. The maximum Gasteiger partial charge on any atom is 0.122 e. The Labute approximate surface area is 44.7 Å². The minimum absolute atomic E-state index is 0.213. The van der Waals surface area contributed by atoms with E-state index in [2.05, 4.69) is 0 Å². The van der Waals surface area contributed by atoms with Crippen LogP contribution in [0.15, 0.2) is 0 Å². The van der Waals surface area contributed by atoms with Gasteiger partial charge in [0.05, 0.1) is 0 Å². The van der Waals surface area contributed by atoms with E-state index in [1.165, 1.54) is 0 Å². The SMILES string of the molecule is C[CH]CC(C)C=O. The quantitative estimate of drug-likeness (QED) is 0.489. The molecule has 0 N–H and O–H groups in total. The Hall–Kier alpha value is -0.330. The van der Waals surface area contributed by atoms with Crippen LogP contribution in [0.25, 0.3) is 0 Å². The first-order valence-corrected chi connectivity index (χ1v) is 2.54. The molecule has 7 heavy (non-hydrogen) atoms. The predicted octanol–water partition coefficient (Wildman–Crippen LogP) is 1.44. The largest absolute Gasteiger partial charge is 0.303 e. The number of carbonyl (C=O) groups excluding carboxylic acids is 1. The van der Waals surface area contributed by atoms with E-state index in [-0.39, 0.29) is 5.92 Å². The molecule has 0 aromatic carbocycles. The molecule has 0 aliphatic carbocycles. The lowest BCUT2D eigenvalue weighted by Gasteiger charge is -1.94. The lowest BCUT2D eigenvalue weighted by molar-refractivity contribution is -0.110. The monoisotopic (exact) mass is 99.1 g/mol. The summed E-state index contributed by atoms with van der Waals surface area (Å²) < 4.78 is 0. The second kappa shape index (κ2) is 3.85. The van der Waals surface area contributed by atoms with Gasteiger partial charge in [-0.3, -0.25) is 0 Å². The lowest BCUT2D eigenvalue weighted by atomic mass is 10.1. The summed E-state index contributed by atoms with van der Waals surface area (Å²) in [7, 11) is 0. The second-order valence-corrected chi connectivity index (χ2v) is 1.76. The zero-order valence-corrected chi connectivity index (χ0v) is 4.85. The average Bonchev–Trinajstić information content (AvgIpc) is 1.68. The standard InChI is InChI=1S/C6H11O/c1-3-4-6(2)5-7/h3,5-6H,4H2,1-2H3. The van der Waals surface area contributed by atoms with Crippen LogP contribution in [0, 0.1) is 12.3 Å². The van der Waals surface area contributed by atoms with Gasteiger partial charge in [0, 0.05) is 5.92 Å². The van der Waals surface area contributed by atoms with E-state index >= 15 is 0 Å². The highest BCUT2D eigenvalue weighted by molar-refractivity contribution is 5.52. The molecule has 0 amide bonds. The van der Waals surface area contributed by atoms with Crippen LogP contribution in [-0.4, -0.2) is 6.29 Å². The van der Waals surface area contributed by atoms with Crippen molar-refractivity contribution in [1.82, 2.24) is 0 Å². The minimum Gasteiger partial charge on any atom is -0.303 e. The van der Waals surface area contributed by atoms with Gasteiger partial charge < -0.3 is 4.79 Å². The van der Waals surface area contributed by atoms with Crippen LogP contribution in [0.2, 0.25) is 0 Å². The van der Waals surface area contributed by atoms with E-state index in [4.69, 9.17) is 0 Å². The molecule has 0 aromatic rings. The lowest BCUT2D eigenvalue weighted by Crippen LogP contribution is -1.92. The summed E-state index contributed by atoms with van der Waals surface area (Å²) in [6.45, 7) is 3.87. The predicted molar refractivity (Wildman–Crippen MR) is 29.8 cm³/mol. The summed E-state index contributed by atoms with van der Waals surface area (Å²) in [6.07, 6.45) is 3.88. The maximum atomic E-state index is 9.87. The first-order valence-electron chi connectivity index (χ1n) is 2.54. The zero-order chi connectivity index (χ0) is 5.70. The van der Waals surface area contributed by atoms with Gasteiger partial charge in [-0.15, -0.1) is 0 Å². The van der Waals surface area contributed by atoms with Gasteiger partial charge in [0.1, 0.15) is 6.29 Å². The van der Waals surface area contributed by atoms with Crippen molar-refractivity contribution in [1.29, 1.82) is 0 Å². The summed E-state index contributed by atoms with van der Waals surface area (Å²) in [6, 6.07) is 0. The van der Waals surface area contributed by atoms with Crippen LogP contribution >= 0.6 is 0 Å². The highest BCUT2D eigenvalue weighted by Gasteiger charge is 1.93. The summed E-state index contributed by atoms with van der Waals surface area (Å²) in [5.74, 6) is 0.213. The Bertz CT molecular complexity index is 50.1. The van der Waals surface area contributed by atoms with E-state index in [1.54, 1.807) is 0 Å². The molecule has 0 aromatic heterocycles. The Kier molecular flexibility index (Phi) is 3.67. The molecule has 1 radical (unpaired) electrons. The van der Waals surface area contributed by atoms with Crippen molar-refractivity contribution in [3.63, 3.8) is 0 Å². The summed E-state index contributed by atoms with van der Waals surface area (Å²) in [4.78, 5) is 9.87. The van der Waals surface area contributed by atoms with Gasteiger partial charge in [-0.1, -0.05) is 13.8 Å². The number of rotatable bonds is 3. The maximum absolute atomic E-state index is 9.87. The number of aldehydes is 1. The van der Waals surface area contributed by atoms with Gasteiger partial charge in [0.25, 0.3) is 0 Å². The van der Waals surface area contributed by atoms with E-state index in [1.807, 2.05) is 20.3 Å². The number of carbonyl (C=O) groups is 1. The zero-order valence-electron chi connectivity index (χ0n) is 4.85. The van der Waals surface area contributed by atoms with Gasteiger partial charge in [-0.25, -0.2) is 0 Å². The van der Waals surface area contributed by atoms with Crippen LogP contribution in [0.3, 0.4) is 0 Å². The van der Waals surface area contributed by atoms with Crippen molar-refractivity contribution < 1.29 is 4.79 Å². The summed E-state index contributed by atoms with van der Waals surface area (Å²) in [5, 5.41) is 0. The number of hydrogen-bond donors (Lipinski definition) is 0. The molecule has 0 aliphatic heterocycles. The van der Waals surface area contributed by atoms with Crippen LogP contribution in [0.5, 0.6) is 0 Å².